The molecule has 5 N–H and O–H groups in total. The van der Waals surface area contributed by atoms with Crippen LogP contribution in [0.5, 0.6) is 0 Å². The molecule has 0 saturated heterocycles. The zero-order chi connectivity index (χ0) is 22.1. The number of hydrogen-bond acceptors (Lipinski definition) is 6. The molecule has 2 amide bonds. The molecular formula is C18H16ClFN4O5S. The van der Waals surface area contributed by atoms with E-state index in [2.05, 4.69) is 4.98 Å². The van der Waals surface area contributed by atoms with Crippen molar-refractivity contribution in [1.82, 2.24) is 10.0 Å². The number of sulfonamides is 1. The predicted octanol–water partition coefficient (Wildman–Crippen LogP) is 2.76. The third-order valence-electron chi connectivity index (χ3n) is 4.10. The van der Waals surface area contributed by atoms with Crippen molar-refractivity contribution in [1.29, 1.82) is 0 Å². The molecule has 1 aromatic heterocycles. The summed E-state index contributed by atoms with van der Waals surface area (Å²) in [6.07, 6.45) is 0.0244. The molecule has 0 atom stereocenters. The van der Waals surface area contributed by atoms with Crippen LogP contribution in [0.15, 0.2) is 51.8 Å². The number of hydroxylamine groups is 2. The normalized spacial score (nSPS) is 11.5. The van der Waals surface area contributed by atoms with Gasteiger partial charge in [0.05, 0.1) is 16.5 Å². The molecule has 158 valence electrons. The van der Waals surface area contributed by atoms with Gasteiger partial charge < -0.3 is 10.2 Å². The zero-order valence-electron chi connectivity index (χ0n) is 15.2. The van der Waals surface area contributed by atoms with E-state index in [1.165, 1.54) is 42.5 Å². The van der Waals surface area contributed by atoms with Crippen LogP contribution in [0.2, 0.25) is 5.02 Å². The fourth-order valence-corrected chi connectivity index (χ4v) is 3.31. The number of rotatable bonds is 6. The minimum atomic E-state index is -3.88. The molecule has 30 heavy (non-hydrogen) atoms. The number of primary sulfonamides is 1. The molecule has 0 unspecified atom stereocenters. The summed E-state index contributed by atoms with van der Waals surface area (Å²) in [5.41, 5.74) is 6.19. The molecule has 0 fully saturated rings. The van der Waals surface area contributed by atoms with Gasteiger partial charge in [0.1, 0.15) is 11.5 Å². The van der Waals surface area contributed by atoms with Gasteiger partial charge in [-0.3, -0.25) is 5.21 Å². The van der Waals surface area contributed by atoms with Gasteiger partial charge in [-0.25, -0.2) is 32.8 Å². The molecule has 0 spiro atoms. The van der Waals surface area contributed by atoms with Gasteiger partial charge in [0, 0.05) is 17.5 Å². The van der Waals surface area contributed by atoms with E-state index in [9.17, 15) is 22.8 Å². The maximum Gasteiger partial charge on any atom is 0.338 e. The van der Waals surface area contributed by atoms with Gasteiger partial charge in [0.25, 0.3) is 0 Å². The van der Waals surface area contributed by atoms with Gasteiger partial charge in [-0.15, -0.1) is 0 Å². The molecule has 2 aromatic carbocycles. The second kappa shape index (κ2) is 8.40. The van der Waals surface area contributed by atoms with Gasteiger partial charge >= 0.3 is 6.03 Å². The third-order valence-corrected chi connectivity index (χ3v) is 5.32. The van der Waals surface area contributed by atoms with Crippen molar-refractivity contribution in [3.05, 3.63) is 59.2 Å². The third kappa shape index (κ3) is 4.76. The number of primary amides is 1. The average Bonchev–Trinajstić information content (AvgIpc) is 3.12. The first kappa shape index (κ1) is 21.7. The minimum absolute atomic E-state index is 0.0244. The lowest BCUT2D eigenvalue weighted by molar-refractivity contribution is -0.0392. The molecule has 9 nitrogen and oxygen atoms in total. The van der Waals surface area contributed by atoms with E-state index < -0.39 is 21.9 Å². The Kier molecular flexibility index (Phi) is 6.08. The Bertz CT molecular complexity index is 1200. The summed E-state index contributed by atoms with van der Waals surface area (Å²) in [6.45, 7) is -0.177. The van der Waals surface area contributed by atoms with Gasteiger partial charge in [0.2, 0.25) is 10.0 Å². The number of amides is 2. The summed E-state index contributed by atoms with van der Waals surface area (Å²) in [5.74, 6) is -0.214. The molecule has 0 saturated carbocycles. The molecule has 0 aliphatic carbocycles. The predicted molar refractivity (Wildman–Crippen MR) is 105 cm³/mol. The van der Waals surface area contributed by atoms with Crippen LogP contribution in [0.1, 0.15) is 5.89 Å². The van der Waals surface area contributed by atoms with E-state index in [1.54, 1.807) is 0 Å². The first-order valence-corrected chi connectivity index (χ1v) is 10.3. The molecule has 0 aliphatic heterocycles. The molecule has 12 heteroatoms. The van der Waals surface area contributed by atoms with Crippen molar-refractivity contribution >= 4 is 27.7 Å². The largest absolute Gasteiger partial charge is 0.440 e. The highest BCUT2D eigenvalue weighted by molar-refractivity contribution is 7.89. The van der Waals surface area contributed by atoms with Crippen LogP contribution in [-0.2, 0) is 16.4 Å². The van der Waals surface area contributed by atoms with Crippen LogP contribution >= 0.6 is 11.6 Å². The van der Waals surface area contributed by atoms with E-state index in [0.29, 0.717) is 21.9 Å². The number of nitrogens with two attached hydrogens (primary N) is 2. The summed E-state index contributed by atoms with van der Waals surface area (Å²) in [5, 5.41) is 14.7. The van der Waals surface area contributed by atoms with E-state index >= 15 is 0 Å². The highest BCUT2D eigenvalue weighted by Crippen LogP contribution is 2.35. The van der Waals surface area contributed by atoms with Gasteiger partial charge in [0.15, 0.2) is 11.7 Å². The average molecular weight is 455 g/mol. The molecule has 3 aromatic rings. The molecule has 0 radical (unpaired) electrons. The fourth-order valence-electron chi connectivity index (χ4n) is 2.61. The number of urea groups is 1. The number of oxazole rings is 1. The van der Waals surface area contributed by atoms with Gasteiger partial charge in [-0.1, -0.05) is 11.6 Å². The number of hydrogen-bond donors (Lipinski definition) is 3. The zero-order valence-corrected chi connectivity index (χ0v) is 16.8. The number of nitrogens with zero attached hydrogens (tertiary/aromatic N) is 2. The number of halogens is 2. The Hall–Kier alpha value is -2.99. The van der Waals surface area contributed by atoms with Crippen LogP contribution < -0.4 is 10.9 Å². The van der Waals surface area contributed by atoms with Crippen molar-refractivity contribution in [2.45, 2.75) is 11.3 Å². The van der Waals surface area contributed by atoms with Crippen LogP contribution in [0.3, 0.4) is 0 Å². The highest BCUT2D eigenvalue weighted by atomic mass is 35.5. The van der Waals surface area contributed by atoms with Crippen molar-refractivity contribution in [3.63, 3.8) is 0 Å². The molecule has 0 bridgehead atoms. The second-order valence-electron chi connectivity index (χ2n) is 6.19. The Morgan fingerprint density at radius 2 is 1.83 bits per heavy atom. The summed E-state index contributed by atoms with van der Waals surface area (Å²) in [4.78, 5) is 15.2. The van der Waals surface area contributed by atoms with Crippen LogP contribution in [-0.4, -0.2) is 36.2 Å². The maximum absolute atomic E-state index is 13.6. The number of carbonyl (C=O) groups excluding carboxylic acids is 1. The number of carbonyl (C=O) groups is 1. The molecule has 3 rings (SSSR count). The van der Waals surface area contributed by atoms with E-state index in [1.807, 2.05) is 0 Å². The lowest BCUT2D eigenvalue weighted by Crippen LogP contribution is -2.34. The Morgan fingerprint density at radius 3 is 2.40 bits per heavy atom. The minimum Gasteiger partial charge on any atom is -0.440 e. The lowest BCUT2D eigenvalue weighted by atomic mass is 10.1. The molecular weight excluding hydrogens is 439 g/mol. The standard InChI is InChI=1S/C18H16ClFN4O5S/c19-13-9-11(3-6-14(13)20)16-17(10-1-4-12(5-2-10)30(22,27)28)29-15(23-16)7-8-24(26)18(21)25/h1-6,9,26H,7-8H2,(H2,21,25)(H2,22,27,28). The van der Waals surface area contributed by atoms with E-state index in [0.717, 1.165) is 0 Å². The molecule has 1 heterocycles. The Morgan fingerprint density at radius 1 is 1.20 bits per heavy atom. The SMILES string of the molecule is NC(=O)N(O)CCc1nc(-c2ccc(F)c(Cl)c2)c(-c2ccc(S(N)(=O)=O)cc2)o1. The quantitative estimate of drug-likeness (QED) is 0.384. The topological polar surface area (TPSA) is 153 Å². The number of benzene rings is 2. The van der Waals surface area contributed by atoms with Crippen LogP contribution in [0.25, 0.3) is 22.6 Å². The van der Waals surface area contributed by atoms with Crippen molar-refractivity contribution in [2.75, 3.05) is 6.54 Å². The van der Waals surface area contributed by atoms with Gasteiger partial charge in [-0.2, -0.15) is 0 Å². The van der Waals surface area contributed by atoms with Crippen LogP contribution in [0, 0.1) is 5.82 Å². The van der Waals surface area contributed by atoms with Crippen molar-refractivity contribution in [2.24, 2.45) is 10.9 Å². The fraction of sp³-hybridized carbons (Fsp3) is 0.111. The Balaban J connectivity index is 2.05. The summed E-state index contributed by atoms with van der Waals surface area (Å²) >= 11 is 5.87. The summed E-state index contributed by atoms with van der Waals surface area (Å²) < 4.78 is 42.3. The van der Waals surface area contributed by atoms with Crippen LogP contribution in [0.4, 0.5) is 9.18 Å². The first-order valence-electron chi connectivity index (χ1n) is 8.40. The van der Waals surface area contributed by atoms with E-state index in [-0.39, 0.29) is 34.5 Å². The Labute approximate surface area is 175 Å². The summed E-state index contributed by atoms with van der Waals surface area (Å²) in [6, 6.07) is 8.50. The maximum atomic E-state index is 13.6. The van der Waals surface area contributed by atoms with Gasteiger partial charge in [-0.05, 0) is 42.5 Å². The molecule has 0 aliphatic rings. The van der Waals surface area contributed by atoms with Crippen molar-refractivity contribution < 1.29 is 27.2 Å². The monoisotopic (exact) mass is 454 g/mol. The first-order chi connectivity index (χ1) is 14.1. The second-order valence-corrected chi connectivity index (χ2v) is 8.16. The lowest BCUT2D eigenvalue weighted by Gasteiger charge is -2.09. The summed E-state index contributed by atoms with van der Waals surface area (Å²) in [7, 11) is -3.88. The smallest absolute Gasteiger partial charge is 0.338 e. The van der Waals surface area contributed by atoms with E-state index in [4.69, 9.17) is 26.9 Å². The number of aromatic nitrogens is 1. The highest BCUT2D eigenvalue weighted by Gasteiger charge is 2.20. The van der Waals surface area contributed by atoms with Crippen molar-refractivity contribution in [3.8, 4) is 22.6 Å².